The molecule has 0 bridgehead atoms. The first-order chi connectivity index (χ1) is 8.69. The molecule has 5 nitrogen and oxygen atoms in total. The predicted molar refractivity (Wildman–Crippen MR) is 61.4 cm³/mol. The first kappa shape index (κ1) is 12.8. The van der Waals surface area contributed by atoms with Crippen molar-refractivity contribution in [1.82, 2.24) is 19.3 Å². The molecule has 0 saturated heterocycles. The van der Waals surface area contributed by atoms with Crippen LogP contribution in [0.1, 0.15) is 5.69 Å². The molecular formula is C11H14F2N4O. The zero-order chi connectivity index (χ0) is 13.0. The third-order valence-corrected chi connectivity index (χ3v) is 2.48. The van der Waals surface area contributed by atoms with Gasteiger partial charge in [0, 0.05) is 31.7 Å². The number of halogens is 2. The first-order valence-electron chi connectivity index (χ1n) is 5.59. The molecule has 18 heavy (non-hydrogen) atoms. The predicted octanol–water partition coefficient (Wildman–Crippen LogP) is 0.789. The van der Waals surface area contributed by atoms with E-state index in [1.807, 2.05) is 0 Å². The van der Waals surface area contributed by atoms with Crippen LogP contribution in [-0.2, 0) is 6.54 Å². The molecule has 2 heterocycles. The maximum absolute atomic E-state index is 12.4. The molecule has 98 valence electrons. The standard InChI is InChI=1S/C11H14F2N4O/c12-10(13)8-16(4-5-18)6-9-7-17-3-1-2-14-11(17)15-9/h1-3,7,10,18H,4-6,8H2. The topological polar surface area (TPSA) is 53.7 Å². The van der Waals surface area contributed by atoms with Gasteiger partial charge in [-0.25, -0.2) is 18.7 Å². The van der Waals surface area contributed by atoms with E-state index in [9.17, 15) is 8.78 Å². The summed E-state index contributed by atoms with van der Waals surface area (Å²) in [6.07, 6.45) is 2.74. The Labute approximate surface area is 103 Å². The second kappa shape index (κ2) is 5.83. The van der Waals surface area contributed by atoms with Crippen molar-refractivity contribution in [3.05, 3.63) is 30.4 Å². The number of rotatable bonds is 6. The number of fused-ring (bicyclic) bond motifs is 1. The Kier molecular flexibility index (Phi) is 4.16. The van der Waals surface area contributed by atoms with Gasteiger partial charge in [0.15, 0.2) is 0 Å². The molecule has 0 aliphatic carbocycles. The number of aliphatic hydroxyl groups is 1. The molecule has 0 saturated carbocycles. The van der Waals surface area contributed by atoms with E-state index in [-0.39, 0.29) is 26.2 Å². The van der Waals surface area contributed by atoms with Gasteiger partial charge in [-0.2, -0.15) is 0 Å². The minimum Gasteiger partial charge on any atom is -0.395 e. The fourth-order valence-electron chi connectivity index (χ4n) is 1.76. The fraction of sp³-hybridized carbons (Fsp3) is 0.455. The summed E-state index contributed by atoms with van der Waals surface area (Å²) in [5.41, 5.74) is 0.655. The van der Waals surface area contributed by atoms with Crippen molar-refractivity contribution < 1.29 is 13.9 Å². The van der Waals surface area contributed by atoms with Gasteiger partial charge in [-0.1, -0.05) is 0 Å². The molecule has 0 fully saturated rings. The quantitative estimate of drug-likeness (QED) is 0.830. The molecule has 7 heteroatoms. The Hall–Kier alpha value is -1.60. The van der Waals surface area contributed by atoms with Crippen LogP contribution in [0, 0.1) is 0 Å². The summed E-state index contributed by atoms with van der Waals surface area (Å²) >= 11 is 0. The van der Waals surface area contributed by atoms with Crippen LogP contribution in [0.5, 0.6) is 0 Å². The maximum atomic E-state index is 12.4. The molecule has 0 amide bonds. The van der Waals surface area contributed by atoms with Gasteiger partial charge in [-0.15, -0.1) is 0 Å². The Morgan fingerprint density at radius 2 is 2.28 bits per heavy atom. The lowest BCUT2D eigenvalue weighted by atomic mass is 10.4. The summed E-state index contributed by atoms with van der Waals surface area (Å²) in [5.74, 6) is 0.536. The average Bonchev–Trinajstić information content (AvgIpc) is 2.70. The highest BCUT2D eigenvalue weighted by Crippen LogP contribution is 2.07. The second-order valence-electron chi connectivity index (χ2n) is 3.91. The van der Waals surface area contributed by atoms with Gasteiger partial charge >= 0.3 is 0 Å². The number of aliphatic hydroxyl groups excluding tert-OH is 1. The second-order valence-corrected chi connectivity index (χ2v) is 3.91. The molecular weight excluding hydrogens is 242 g/mol. The summed E-state index contributed by atoms with van der Waals surface area (Å²) in [7, 11) is 0. The molecule has 1 N–H and O–H groups in total. The van der Waals surface area contributed by atoms with Gasteiger partial charge in [0.1, 0.15) is 0 Å². The van der Waals surface area contributed by atoms with E-state index in [1.165, 1.54) is 4.90 Å². The number of hydrogen-bond acceptors (Lipinski definition) is 4. The van der Waals surface area contributed by atoms with E-state index in [1.54, 1.807) is 29.1 Å². The van der Waals surface area contributed by atoms with Crippen molar-refractivity contribution in [2.24, 2.45) is 0 Å². The van der Waals surface area contributed by atoms with Crippen LogP contribution >= 0.6 is 0 Å². The van der Waals surface area contributed by atoms with E-state index in [2.05, 4.69) is 9.97 Å². The lowest BCUT2D eigenvalue weighted by molar-refractivity contribution is 0.0741. The van der Waals surface area contributed by atoms with Gasteiger partial charge in [0.05, 0.1) is 18.8 Å². The summed E-state index contributed by atoms with van der Waals surface area (Å²) in [6, 6.07) is 1.77. The number of aromatic nitrogens is 3. The number of alkyl halides is 2. The molecule has 2 rings (SSSR count). The Morgan fingerprint density at radius 1 is 1.44 bits per heavy atom. The summed E-state index contributed by atoms with van der Waals surface area (Å²) in [6.45, 7) is -0.0555. The molecule has 0 spiro atoms. The maximum Gasteiger partial charge on any atom is 0.251 e. The molecule has 0 radical (unpaired) electrons. The Morgan fingerprint density at radius 3 is 2.94 bits per heavy atom. The molecule has 0 aliphatic rings. The van der Waals surface area contributed by atoms with Crippen molar-refractivity contribution in [2.75, 3.05) is 19.7 Å². The van der Waals surface area contributed by atoms with Crippen LogP contribution in [0.25, 0.3) is 5.78 Å². The van der Waals surface area contributed by atoms with Crippen molar-refractivity contribution in [3.8, 4) is 0 Å². The molecule has 0 aliphatic heterocycles. The van der Waals surface area contributed by atoms with Gasteiger partial charge in [-0.3, -0.25) is 9.30 Å². The van der Waals surface area contributed by atoms with E-state index < -0.39 is 6.43 Å². The third kappa shape index (κ3) is 3.21. The molecule has 0 atom stereocenters. The SMILES string of the molecule is OCCN(Cc1cn2cccnc2n1)CC(F)F. The molecule has 2 aromatic heterocycles. The highest BCUT2D eigenvalue weighted by atomic mass is 19.3. The monoisotopic (exact) mass is 256 g/mol. The van der Waals surface area contributed by atoms with E-state index in [4.69, 9.17) is 5.11 Å². The normalized spacial score (nSPS) is 11.8. The average molecular weight is 256 g/mol. The lowest BCUT2D eigenvalue weighted by Crippen LogP contribution is -2.31. The number of nitrogens with zero attached hydrogens (tertiary/aromatic N) is 4. The van der Waals surface area contributed by atoms with Crippen molar-refractivity contribution in [2.45, 2.75) is 13.0 Å². The third-order valence-electron chi connectivity index (χ3n) is 2.48. The summed E-state index contributed by atoms with van der Waals surface area (Å²) in [5, 5.41) is 8.84. The van der Waals surface area contributed by atoms with Crippen LogP contribution in [0.4, 0.5) is 8.78 Å². The minimum atomic E-state index is -2.42. The summed E-state index contributed by atoms with van der Waals surface area (Å²) in [4.78, 5) is 9.74. The van der Waals surface area contributed by atoms with Gasteiger partial charge in [-0.05, 0) is 6.07 Å². The number of imidazole rings is 1. The van der Waals surface area contributed by atoms with E-state index in [0.29, 0.717) is 11.5 Å². The van der Waals surface area contributed by atoms with Crippen molar-refractivity contribution in [3.63, 3.8) is 0 Å². The molecule has 2 aromatic rings. The number of hydrogen-bond donors (Lipinski definition) is 1. The van der Waals surface area contributed by atoms with Crippen LogP contribution < -0.4 is 0 Å². The van der Waals surface area contributed by atoms with Crippen LogP contribution in [0.15, 0.2) is 24.7 Å². The minimum absolute atomic E-state index is 0.154. The van der Waals surface area contributed by atoms with Crippen molar-refractivity contribution >= 4 is 5.78 Å². The zero-order valence-electron chi connectivity index (χ0n) is 9.71. The van der Waals surface area contributed by atoms with Crippen LogP contribution in [-0.4, -0.2) is 50.5 Å². The van der Waals surface area contributed by atoms with E-state index >= 15 is 0 Å². The van der Waals surface area contributed by atoms with Gasteiger partial charge < -0.3 is 5.11 Å². The Bertz CT molecular complexity index is 470. The largest absolute Gasteiger partial charge is 0.395 e. The first-order valence-corrected chi connectivity index (χ1v) is 5.59. The van der Waals surface area contributed by atoms with Gasteiger partial charge in [0.2, 0.25) is 5.78 Å². The van der Waals surface area contributed by atoms with Gasteiger partial charge in [0.25, 0.3) is 6.43 Å². The Balaban J connectivity index is 2.09. The van der Waals surface area contributed by atoms with Crippen molar-refractivity contribution in [1.29, 1.82) is 0 Å². The van der Waals surface area contributed by atoms with E-state index in [0.717, 1.165) is 0 Å². The van der Waals surface area contributed by atoms with Crippen LogP contribution in [0.2, 0.25) is 0 Å². The summed E-state index contributed by atoms with van der Waals surface area (Å²) < 4.78 is 26.4. The molecule has 0 aromatic carbocycles. The highest BCUT2D eigenvalue weighted by molar-refractivity contribution is 5.29. The van der Waals surface area contributed by atoms with Crippen LogP contribution in [0.3, 0.4) is 0 Å². The highest BCUT2D eigenvalue weighted by Gasteiger charge is 2.13. The zero-order valence-corrected chi connectivity index (χ0v) is 9.71. The fourth-order valence-corrected chi connectivity index (χ4v) is 1.76. The molecule has 0 unspecified atom stereocenters. The lowest BCUT2D eigenvalue weighted by Gasteiger charge is -2.19. The smallest absolute Gasteiger partial charge is 0.251 e.